The van der Waals surface area contributed by atoms with Crippen LogP contribution in [0.15, 0.2) is 58.0 Å². The Balaban J connectivity index is 1.89. The van der Waals surface area contributed by atoms with Gasteiger partial charge in [0, 0.05) is 6.20 Å². The number of methoxy groups -OCH3 is 3. The van der Waals surface area contributed by atoms with Gasteiger partial charge in [0.15, 0.2) is 27.8 Å². The first-order valence-electron chi connectivity index (χ1n) is 11.7. The molecule has 4 rings (SSSR count). The van der Waals surface area contributed by atoms with E-state index < -0.39 is 12.0 Å². The molecule has 1 aliphatic heterocycles. The van der Waals surface area contributed by atoms with Crippen molar-refractivity contribution in [1.82, 2.24) is 4.57 Å². The maximum Gasteiger partial charge on any atom is 0.337 e. The third-order valence-corrected chi connectivity index (χ3v) is 6.71. The Morgan fingerprint density at radius 1 is 0.973 bits per heavy atom. The van der Waals surface area contributed by atoms with Crippen LogP contribution in [0.5, 0.6) is 23.0 Å². The van der Waals surface area contributed by atoms with Gasteiger partial charge in [-0.1, -0.05) is 23.5 Å². The molecule has 0 spiro atoms. The Morgan fingerprint density at radius 2 is 1.68 bits per heavy atom. The molecule has 0 fully saturated rings. The normalized spacial score (nSPS) is 14.8. The van der Waals surface area contributed by atoms with Gasteiger partial charge in [0.05, 0.1) is 50.7 Å². The summed E-state index contributed by atoms with van der Waals surface area (Å²) in [6.45, 7) is 4.66. The maximum absolute atomic E-state index is 13.7. The average molecular weight is 525 g/mol. The van der Waals surface area contributed by atoms with E-state index in [1.54, 1.807) is 44.6 Å². The lowest BCUT2D eigenvalue weighted by atomic mass is 9.97. The highest BCUT2D eigenvalue weighted by molar-refractivity contribution is 7.07. The van der Waals surface area contributed by atoms with Gasteiger partial charge in [-0.05, 0) is 55.3 Å². The molecule has 0 unspecified atom stereocenters. The van der Waals surface area contributed by atoms with E-state index in [2.05, 4.69) is 4.99 Å². The van der Waals surface area contributed by atoms with Crippen molar-refractivity contribution in [3.8, 4) is 23.0 Å². The standard InChI is InChI=1S/C27H28N2O7S/c1-6-35-20-11-9-17(14-22(20)36-7-2)24-18(26(31)34-5)15-28-27-29(24)25(30)23(37-27)13-16-8-10-19(32-3)21(12-16)33-4/h8-15,24H,6-7H2,1-5H3/b23-13-/t24-/m0/s1. The first kappa shape index (κ1) is 26.0. The fourth-order valence-electron chi connectivity index (χ4n) is 4.08. The Bertz CT molecular complexity index is 1520. The predicted octanol–water partition coefficient (Wildman–Crippen LogP) is 2.83. The summed E-state index contributed by atoms with van der Waals surface area (Å²) in [5, 5.41) is 0. The van der Waals surface area contributed by atoms with Crippen LogP contribution in [-0.2, 0) is 9.53 Å². The fraction of sp³-hybridized carbons (Fsp3) is 0.296. The quantitative estimate of drug-likeness (QED) is 0.397. The van der Waals surface area contributed by atoms with Crippen molar-refractivity contribution < 1.29 is 28.5 Å². The fourth-order valence-corrected chi connectivity index (χ4v) is 5.05. The zero-order chi connectivity index (χ0) is 26.5. The van der Waals surface area contributed by atoms with E-state index >= 15 is 0 Å². The van der Waals surface area contributed by atoms with E-state index in [9.17, 15) is 9.59 Å². The van der Waals surface area contributed by atoms with Crippen molar-refractivity contribution in [2.75, 3.05) is 34.5 Å². The number of rotatable bonds is 9. The van der Waals surface area contributed by atoms with Crippen LogP contribution in [0.1, 0.15) is 31.0 Å². The lowest BCUT2D eigenvalue weighted by Crippen LogP contribution is -2.39. The summed E-state index contributed by atoms with van der Waals surface area (Å²) < 4.78 is 29.1. The molecule has 1 aliphatic rings. The van der Waals surface area contributed by atoms with E-state index in [-0.39, 0.29) is 11.1 Å². The lowest BCUT2D eigenvalue weighted by molar-refractivity contribution is -0.136. The topological polar surface area (TPSA) is 97.6 Å². The highest BCUT2D eigenvalue weighted by atomic mass is 32.1. The molecular weight excluding hydrogens is 496 g/mol. The summed E-state index contributed by atoms with van der Waals surface area (Å²) in [5.41, 5.74) is 1.37. The summed E-state index contributed by atoms with van der Waals surface area (Å²) >= 11 is 1.23. The molecule has 2 aromatic carbocycles. The molecule has 37 heavy (non-hydrogen) atoms. The number of thiazole rings is 1. The second-order valence-corrected chi connectivity index (χ2v) is 8.87. The maximum atomic E-state index is 13.7. The molecule has 0 amide bonds. The number of fused-ring (bicyclic) bond motifs is 1. The Kier molecular flexibility index (Phi) is 7.98. The molecule has 2 heterocycles. The number of hydrogen-bond acceptors (Lipinski definition) is 9. The highest BCUT2D eigenvalue weighted by Crippen LogP contribution is 2.35. The summed E-state index contributed by atoms with van der Waals surface area (Å²) in [5.74, 6) is 1.67. The molecule has 0 aliphatic carbocycles. The summed E-state index contributed by atoms with van der Waals surface area (Å²) in [7, 11) is 4.41. The van der Waals surface area contributed by atoms with Gasteiger partial charge in [-0.25, -0.2) is 9.79 Å². The molecule has 0 N–H and O–H groups in total. The van der Waals surface area contributed by atoms with Gasteiger partial charge in [-0.3, -0.25) is 9.36 Å². The second kappa shape index (κ2) is 11.3. The molecule has 1 aromatic heterocycles. The van der Waals surface area contributed by atoms with Crippen molar-refractivity contribution in [1.29, 1.82) is 0 Å². The molecule has 194 valence electrons. The van der Waals surface area contributed by atoms with Gasteiger partial charge < -0.3 is 23.7 Å². The van der Waals surface area contributed by atoms with Gasteiger partial charge >= 0.3 is 5.97 Å². The van der Waals surface area contributed by atoms with Crippen LogP contribution in [-0.4, -0.2) is 45.1 Å². The van der Waals surface area contributed by atoms with Crippen molar-refractivity contribution in [2.24, 2.45) is 4.99 Å². The van der Waals surface area contributed by atoms with Crippen molar-refractivity contribution >= 4 is 23.4 Å². The Labute approximate surface area is 217 Å². The monoisotopic (exact) mass is 524 g/mol. The first-order valence-corrected chi connectivity index (χ1v) is 12.5. The van der Waals surface area contributed by atoms with E-state index in [1.165, 1.54) is 29.2 Å². The third kappa shape index (κ3) is 5.10. The molecule has 9 nitrogen and oxygen atoms in total. The van der Waals surface area contributed by atoms with Gasteiger partial charge in [0.2, 0.25) is 0 Å². The number of carbonyl (C=O) groups excluding carboxylic acids is 1. The SMILES string of the molecule is CCOc1ccc([C@H]2C(C(=O)OC)=CN=c3s/c(=C\c4ccc(OC)c(OC)c4)c(=O)n32)cc1OCC. The summed E-state index contributed by atoms with van der Waals surface area (Å²) in [6.07, 6.45) is 3.22. The highest BCUT2D eigenvalue weighted by Gasteiger charge is 2.31. The molecule has 10 heteroatoms. The van der Waals surface area contributed by atoms with Gasteiger partial charge in [0.1, 0.15) is 0 Å². The minimum Gasteiger partial charge on any atom is -0.493 e. The van der Waals surface area contributed by atoms with Crippen LogP contribution in [0.4, 0.5) is 0 Å². The van der Waals surface area contributed by atoms with E-state index in [1.807, 2.05) is 26.0 Å². The number of nitrogens with zero attached hydrogens (tertiary/aromatic N) is 2. The van der Waals surface area contributed by atoms with Crippen LogP contribution in [0, 0.1) is 0 Å². The number of ether oxygens (including phenoxy) is 5. The van der Waals surface area contributed by atoms with E-state index in [0.29, 0.717) is 51.1 Å². The lowest BCUT2D eigenvalue weighted by Gasteiger charge is -2.23. The van der Waals surface area contributed by atoms with Crippen LogP contribution in [0.3, 0.4) is 0 Å². The van der Waals surface area contributed by atoms with Crippen LogP contribution in [0.2, 0.25) is 0 Å². The summed E-state index contributed by atoms with van der Waals surface area (Å²) in [4.78, 5) is 31.3. The number of aromatic nitrogens is 1. The smallest absolute Gasteiger partial charge is 0.337 e. The van der Waals surface area contributed by atoms with Crippen LogP contribution < -0.4 is 33.8 Å². The molecule has 1 atom stereocenters. The number of benzene rings is 2. The molecule has 0 bridgehead atoms. The largest absolute Gasteiger partial charge is 0.493 e. The second-order valence-electron chi connectivity index (χ2n) is 7.86. The average Bonchev–Trinajstić information content (AvgIpc) is 3.23. The Hall–Kier alpha value is -4.05. The number of hydrogen-bond donors (Lipinski definition) is 0. The van der Waals surface area contributed by atoms with Gasteiger partial charge in [-0.15, -0.1) is 0 Å². The van der Waals surface area contributed by atoms with Crippen molar-refractivity contribution in [3.05, 3.63) is 79.0 Å². The first-order chi connectivity index (χ1) is 17.9. The third-order valence-electron chi connectivity index (χ3n) is 5.71. The van der Waals surface area contributed by atoms with Crippen LogP contribution >= 0.6 is 11.3 Å². The molecular formula is C27H28N2O7S. The molecule has 3 aromatic rings. The summed E-state index contributed by atoms with van der Waals surface area (Å²) in [6, 6.07) is 10.0. The molecule has 0 radical (unpaired) electrons. The van der Waals surface area contributed by atoms with Gasteiger partial charge in [-0.2, -0.15) is 0 Å². The van der Waals surface area contributed by atoms with E-state index in [0.717, 1.165) is 5.56 Å². The zero-order valence-electron chi connectivity index (χ0n) is 21.3. The number of esters is 1. The Morgan fingerprint density at radius 3 is 2.35 bits per heavy atom. The molecule has 0 saturated carbocycles. The van der Waals surface area contributed by atoms with Crippen molar-refractivity contribution in [2.45, 2.75) is 19.9 Å². The zero-order valence-corrected chi connectivity index (χ0v) is 22.1. The minimum atomic E-state index is -0.758. The number of carbonyl (C=O) groups is 1. The van der Waals surface area contributed by atoms with Crippen molar-refractivity contribution in [3.63, 3.8) is 0 Å². The van der Waals surface area contributed by atoms with E-state index in [4.69, 9.17) is 23.7 Å². The van der Waals surface area contributed by atoms with Crippen LogP contribution in [0.25, 0.3) is 6.08 Å². The minimum absolute atomic E-state index is 0.235. The predicted molar refractivity (Wildman–Crippen MR) is 139 cm³/mol. The van der Waals surface area contributed by atoms with Gasteiger partial charge in [0.25, 0.3) is 5.56 Å². The molecule has 0 saturated heterocycles.